The van der Waals surface area contributed by atoms with E-state index in [1.807, 2.05) is 38.1 Å². The Morgan fingerprint density at radius 1 is 1.21 bits per heavy atom. The van der Waals surface area contributed by atoms with Crippen LogP contribution in [0, 0.1) is 13.8 Å². The molecule has 3 aromatic rings. The molecule has 1 unspecified atom stereocenters. The molecular weight excluding hydrogens is 406 g/mol. The zero-order valence-corrected chi connectivity index (χ0v) is 18.6. The average Bonchev–Trinajstić information content (AvgIpc) is 3.26. The molecule has 1 fully saturated rings. The van der Waals surface area contributed by atoms with Gasteiger partial charge in [0.25, 0.3) is 5.91 Å². The first-order valence-electron chi connectivity index (χ1n) is 9.88. The van der Waals surface area contributed by atoms with Crippen LogP contribution in [0.25, 0.3) is 10.1 Å². The second kappa shape index (κ2) is 8.48. The van der Waals surface area contributed by atoms with Crippen LogP contribution in [0.15, 0.2) is 34.7 Å². The quantitative estimate of drug-likeness (QED) is 0.646. The Labute approximate surface area is 180 Å². The van der Waals surface area contributed by atoms with Crippen LogP contribution in [-0.4, -0.2) is 55.5 Å². The second-order valence-electron chi connectivity index (χ2n) is 7.76. The third-order valence-electron chi connectivity index (χ3n) is 5.52. The zero-order valence-electron chi connectivity index (χ0n) is 17.0. The lowest BCUT2D eigenvalue weighted by Crippen LogP contribution is -2.48. The number of furan rings is 1. The summed E-state index contributed by atoms with van der Waals surface area (Å²) in [4.78, 5) is 18.2. The maximum atomic E-state index is 13.0. The molecule has 0 saturated carbocycles. The van der Waals surface area contributed by atoms with Gasteiger partial charge in [-0.05, 0) is 44.7 Å². The van der Waals surface area contributed by atoms with Crippen molar-refractivity contribution < 1.29 is 9.21 Å². The highest BCUT2D eigenvalue weighted by atomic mass is 35.5. The molecule has 0 radical (unpaired) electrons. The fraction of sp³-hybridized carbons (Fsp3) is 0.409. The van der Waals surface area contributed by atoms with Crippen molar-refractivity contribution in [3.8, 4) is 0 Å². The van der Waals surface area contributed by atoms with Gasteiger partial charge in [-0.2, -0.15) is 0 Å². The molecule has 4 rings (SSSR count). The average molecular weight is 432 g/mol. The van der Waals surface area contributed by atoms with E-state index in [4.69, 9.17) is 16.0 Å². The van der Waals surface area contributed by atoms with E-state index in [0.29, 0.717) is 16.4 Å². The molecule has 1 N–H and O–H groups in total. The molecule has 7 heteroatoms. The van der Waals surface area contributed by atoms with Gasteiger partial charge in [0.1, 0.15) is 16.4 Å². The number of piperazine rings is 1. The van der Waals surface area contributed by atoms with Gasteiger partial charge in [0, 0.05) is 42.8 Å². The van der Waals surface area contributed by atoms with Gasteiger partial charge in [0.15, 0.2) is 0 Å². The maximum Gasteiger partial charge on any atom is 0.263 e. The molecule has 5 nitrogen and oxygen atoms in total. The van der Waals surface area contributed by atoms with Gasteiger partial charge in [-0.15, -0.1) is 11.3 Å². The first-order valence-corrected chi connectivity index (χ1v) is 11.1. The van der Waals surface area contributed by atoms with Crippen molar-refractivity contribution in [1.82, 2.24) is 15.1 Å². The maximum absolute atomic E-state index is 13.0. The number of aryl methyl sites for hydroxylation is 2. The van der Waals surface area contributed by atoms with E-state index in [1.165, 1.54) is 11.3 Å². The summed E-state index contributed by atoms with van der Waals surface area (Å²) in [6.45, 7) is 8.37. The number of fused-ring (bicyclic) bond motifs is 1. The summed E-state index contributed by atoms with van der Waals surface area (Å²) >= 11 is 7.97. The number of nitrogens with zero attached hydrogens (tertiary/aromatic N) is 2. The van der Waals surface area contributed by atoms with Crippen molar-refractivity contribution in [3.05, 3.63) is 57.3 Å². The summed E-state index contributed by atoms with van der Waals surface area (Å²) in [6, 6.07) is 10.1. The lowest BCUT2D eigenvalue weighted by atomic mass is 10.1. The summed E-state index contributed by atoms with van der Waals surface area (Å²) in [7, 11) is 2.14. The number of nitrogens with one attached hydrogen (secondary N) is 1. The SMILES string of the molecule is Cc1ccc2c(Cl)c(C(=O)NCC(c3ccc(C)o3)N3CCN(C)CC3)sc2c1. The molecule has 1 aromatic carbocycles. The minimum absolute atomic E-state index is 0.0109. The Kier molecular flexibility index (Phi) is 5.97. The first kappa shape index (κ1) is 20.4. The largest absolute Gasteiger partial charge is 0.465 e. The Morgan fingerprint density at radius 3 is 2.66 bits per heavy atom. The summed E-state index contributed by atoms with van der Waals surface area (Å²) in [6.07, 6.45) is 0. The van der Waals surface area contributed by atoms with Crippen molar-refractivity contribution in [2.75, 3.05) is 39.8 Å². The number of amides is 1. The standard InChI is InChI=1S/C22H26ClN3O2S/c1-14-4-6-16-19(12-14)29-21(20(16)23)22(27)24-13-17(18-7-5-15(2)28-18)26-10-8-25(3)9-11-26/h4-7,12,17H,8-11,13H2,1-3H3,(H,24,27). The van der Waals surface area contributed by atoms with Gasteiger partial charge >= 0.3 is 0 Å². The molecule has 1 aliphatic rings. The minimum Gasteiger partial charge on any atom is -0.465 e. The second-order valence-corrected chi connectivity index (χ2v) is 9.19. The molecule has 154 valence electrons. The fourth-order valence-corrected chi connectivity index (χ4v) is 5.30. The molecule has 3 heterocycles. The van der Waals surface area contributed by atoms with E-state index < -0.39 is 0 Å². The van der Waals surface area contributed by atoms with Gasteiger partial charge in [0.05, 0.1) is 11.1 Å². The Morgan fingerprint density at radius 2 is 1.97 bits per heavy atom. The number of carbonyl (C=O) groups excluding carboxylic acids is 1. The van der Waals surface area contributed by atoms with Gasteiger partial charge in [0.2, 0.25) is 0 Å². The summed E-state index contributed by atoms with van der Waals surface area (Å²) in [5.74, 6) is 1.65. The highest BCUT2D eigenvalue weighted by Gasteiger charge is 2.27. The Bertz CT molecular complexity index is 1020. The van der Waals surface area contributed by atoms with Crippen molar-refractivity contribution in [2.24, 2.45) is 0 Å². The monoisotopic (exact) mass is 431 g/mol. The molecule has 1 saturated heterocycles. The van der Waals surface area contributed by atoms with Crippen LogP contribution in [0.3, 0.4) is 0 Å². The number of likely N-dealkylation sites (N-methyl/N-ethyl adjacent to an activating group) is 1. The molecule has 0 bridgehead atoms. The van der Waals surface area contributed by atoms with Crippen LogP contribution in [-0.2, 0) is 0 Å². The molecule has 0 aliphatic carbocycles. The van der Waals surface area contributed by atoms with E-state index in [1.54, 1.807) is 0 Å². The van der Waals surface area contributed by atoms with Gasteiger partial charge in [-0.25, -0.2) is 0 Å². The number of carbonyl (C=O) groups is 1. The van der Waals surface area contributed by atoms with Crippen molar-refractivity contribution >= 4 is 38.9 Å². The normalized spacial score (nSPS) is 17.0. The molecule has 29 heavy (non-hydrogen) atoms. The lowest BCUT2D eigenvalue weighted by molar-refractivity contribution is 0.0852. The van der Waals surface area contributed by atoms with E-state index in [9.17, 15) is 4.79 Å². The van der Waals surface area contributed by atoms with Gasteiger partial charge < -0.3 is 14.6 Å². The van der Waals surface area contributed by atoms with Crippen LogP contribution in [0.1, 0.15) is 32.8 Å². The van der Waals surface area contributed by atoms with Crippen LogP contribution in [0.4, 0.5) is 0 Å². The smallest absolute Gasteiger partial charge is 0.263 e. The van der Waals surface area contributed by atoms with Crippen LogP contribution < -0.4 is 5.32 Å². The Balaban J connectivity index is 1.52. The number of benzene rings is 1. The predicted octanol–water partition coefficient (Wildman–Crippen LogP) is 4.48. The lowest BCUT2D eigenvalue weighted by Gasteiger charge is -2.37. The minimum atomic E-state index is -0.128. The number of halogens is 1. The molecular formula is C22H26ClN3O2S. The van der Waals surface area contributed by atoms with Crippen LogP contribution in [0.5, 0.6) is 0 Å². The Hall–Kier alpha value is -1.86. The highest BCUT2D eigenvalue weighted by molar-refractivity contribution is 7.21. The third-order valence-corrected chi connectivity index (χ3v) is 7.17. The molecule has 2 aromatic heterocycles. The first-order chi connectivity index (χ1) is 13.9. The molecule has 0 spiro atoms. The molecule has 1 amide bonds. The fourth-order valence-electron chi connectivity index (χ4n) is 3.76. The third kappa shape index (κ3) is 4.36. The van der Waals surface area contributed by atoms with Gasteiger partial charge in [-0.1, -0.05) is 23.7 Å². The van der Waals surface area contributed by atoms with E-state index in [-0.39, 0.29) is 11.9 Å². The number of rotatable bonds is 5. The predicted molar refractivity (Wildman–Crippen MR) is 119 cm³/mol. The van der Waals surface area contributed by atoms with E-state index in [2.05, 4.69) is 28.2 Å². The summed E-state index contributed by atoms with van der Waals surface area (Å²) < 4.78 is 6.96. The highest BCUT2D eigenvalue weighted by Crippen LogP contribution is 2.36. The molecule has 1 atom stereocenters. The number of hydrogen-bond donors (Lipinski definition) is 1. The van der Waals surface area contributed by atoms with E-state index in [0.717, 1.165) is 53.3 Å². The van der Waals surface area contributed by atoms with Crippen molar-refractivity contribution in [3.63, 3.8) is 0 Å². The zero-order chi connectivity index (χ0) is 20.5. The number of hydrogen-bond acceptors (Lipinski definition) is 5. The number of thiophene rings is 1. The van der Waals surface area contributed by atoms with E-state index >= 15 is 0 Å². The van der Waals surface area contributed by atoms with Gasteiger partial charge in [-0.3, -0.25) is 9.69 Å². The topological polar surface area (TPSA) is 48.7 Å². The summed E-state index contributed by atoms with van der Waals surface area (Å²) in [5.41, 5.74) is 1.16. The van der Waals surface area contributed by atoms with Crippen LogP contribution >= 0.6 is 22.9 Å². The van der Waals surface area contributed by atoms with Crippen LogP contribution in [0.2, 0.25) is 5.02 Å². The summed E-state index contributed by atoms with van der Waals surface area (Å²) in [5, 5.41) is 4.57. The van der Waals surface area contributed by atoms with Crippen molar-refractivity contribution in [2.45, 2.75) is 19.9 Å². The van der Waals surface area contributed by atoms with Crippen molar-refractivity contribution in [1.29, 1.82) is 0 Å². The molecule has 1 aliphatic heterocycles.